The number of likely N-dealkylation sites (N-methyl/N-ethyl adjacent to an activating group) is 1. The van der Waals surface area contributed by atoms with Gasteiger partial charge in [0.1, 0.15) is 6.04 Å². The predicted molar refractivity (Wildman–Crippen MR) is 79.0 cm³/mol. The summed E-state index contributed by atoms with van der Waals surface area (Å²) in [5.41, 5.74) is 2.91. The molecule has 1 aromatic rings. The maximum absolute atomic E-state index is 12.0. The van der Waals surface area contributed by atoms with Crippen LogP contribution in [-0.2, 0) is 14.3 Å². The molecule has 0 spiro atoms. The summed E-state index contributed by atoms with van der Waals surface area (Å²) >= 11 is 0. The van der Waals surface area contributed by atoms with Gasteiger partial charge in [0.2, 0.25) is 5.91 Å². The van der Waals surface area contributed by atoms with Gasteiger partial charge >= 0.3 is 0 Å². The van der Waals surface area contributed by atoms with Crippen LogP contribution in [0.5, 0.6) is 0 Å². The Bertz CT molecular complexity index is 453. The lowest BCUT2D eigenvalue weighted by Gasteiger charge is -2.26. The number of carbonyl (C=O) groups excluding carboxylic acids is 2. The predicted octanol–water partition coefficient (Wildman–Crippen LogP) is -0.588. The van der Waals surface area contributed by atoms with Crippen LogP contribution < -0.4 is 16.6 Å². The molecule has 1 rings (SSSR count). The molecule has 0 aliphatic carbocycles. The number of amides is 2. The first-order valence-corrected chi connectivity index (χ1v) is 6.61. The largest absolute Gasteiger partial charge is 0.383 e. The molecule has 21 heavy (non-hydrogen) atoms. The lowest BCUT2D eigenvalue weighted by atomic mass is 10.1. The van der Waals surface area contributed by atoms with E-state index in [2.05, 4.69) is 10.7 Å². The minimum atomic E-state index is -0.621. The maximum atomic E-state index is 12.0. The van der Waals surface area contributed by atoms with Gasteiger partial charge in [-0.15, -0.1) is 0 Å². The summed E-state index contributed by atoms with van der Waals surface area (Å²) in [6.07, 6.45) is 0. The van der Waals surface area contributed by atoms with E-state index in [1.807, 2.05) is 30.3 Å². The van der Waals surface area contributed by atoms with Gasteiger partial charge in [0.25, 0.3) is 5.91 Å². The minimum absolute atomic E-state index is 0.0801. The first-order chi connectivity index (χ1) is 10.1. The average molecular weight is 294 g/mol. The lowest BCUT2D eigenvalue weighted by Crippen LogP contribution is -2.45. The molecule has 116 valence electrons. The van der Waals surface area contributed by atoms with E-state index >= 15 is 0 Å². The molecule has 1 unspecified atom stereocenters. The molecule has 0 saturated heterocycles. The smallest absolute Gasteiger partial charge is 0.255 e. The quantitative estimate of drug-likeness (QED) is 0.258. The molecule has 0 heterocycles. The standard InChI is InChI=1S/C14H22N4O3/c1-18(10-12(19)16-8-9-21-2)13(14(20)17-15)11-6-4-3-5-7-11/h3-7,13H,8-10,15H2,1-2H3,(H,16,19)(H,17,20). The maximum Gasteiger partial charge on any atom is 0.255 e. The van der Waals surface area contributed by atoms with Gasteiger partial charge in [-0.3, -0.25) is 19.9 Å². The molecule has 0 bridgehead atoms. The normalized spacial score (nSPS) is 12.0. The van der Waals surface area contributed by atoms with E-state index in [-0.39, 0.29) is 18.4 Å². The third-order valence-corrected chi connectivity index (χ3v) is 2.97. The van der Waals surface area contributed by atoms with Crippen molar-refractivity contribution >= 4 is 11.8 Å². The van der Waals surface area contributed by atoms with Crippen molar-refractivity contribution in [2.75, 3.05) is 33.9 Å². The summed E-state index contributed by atoms with van der Waals surface area (Å²) in [5, 5.41) is 2.71. The van der Waals surface area contributed by atoms with Crippen LogP contribution in [0, 0.1) is 0 Å². The number of carbonyl (C=O) groups is 2. The van der Waals surface area contributed by atoms with Crippen LogP contribution in [0.3, 0.4) is 0 Å². The Balaban J connectivity index is 2.71. The first-order valence-electron chi connectivity index (χ1n) is 6.61. The molecule has 1 atom stereocenters. The van der Waals surface area contributed by atoms with Crippen molar-refractivity contribution < 1.29 is 14.3 Å². The Kier molecular flexibility index (Phi) is 7.38. The number of hydrogen-bond acceptors (Lipinski definition) is 5. The lowest BCUT2D eigenvalue weighted by molar-refractivity contribution is -0.128. The molecule has 4 N–H and O–H groups in total. The minimum Gasteiger partial charge on any atom is -0.383 e. The second-order valence-electron chi connectivity index (χ2n) is 4.58. The highest BCUT2D eigenvalue weighted by molar-refractivity contribution is 5.84. The molecule has 1 aromatic carbocycles. The molecular formula is C14H22N4O3. The van der Waals surface area contributed by atoms with Crippen molar-refractivity contribution in [2.24, 2.45) is 5.84 Å². The van der Waals surface area contributed by atoms with Crippen LogP contribution in [0.25, 0.3) is 0 Å². The number of rotatable bonds is 8. The van der Waals surface area contributed by atoms with Crippen molar-refractivity contribution in [1.82, 2.24) is 15.6 Å². The molecule has 2 amide bonds. The van der Waals surface area contributed by atoms with Crippen molar-refractivity contribution in [1.29, 1.82) is 0 Å². The van der Waals surface area contributed by atoms with E-state index in [1.54, 1.807) is 19.1 Å². The summed E-state index contributed by atoms with van der Waals surface area (Å²) in [4.78, 5) is 25.4. The molecule has 0 aliphatic rings. The summed E-state index contributed by atoms with van der Waals surface area (Å²) < 4.78 is 4.86. The number of methoxy groups -OCH3 is 1. The van der Waals surface area contributed by atoms with Crippen LogP contribution in [0.2, 0.25) is 0 Å². The van der Waals surface area contributed by atoms with Gasteiger partial charge in [-0.25, -0.2) is 5.84 Å². The van der Waals surface area contributed by atoms with Crippen LogP contribution in [0.4, 0.5) is 0 Å². The fraction of sp³-hybridized carbons (Fsp3) is 0.429. The van der Waals surface area contributed by atoms with Crippen molar-refractivity contribution in [3.8, 4) is 0 Å². The van der Waals surface area contributed by atoms with Crippen LogP contribution in [-0.4, -0.2) is 50.6 Å². The molecular weight excluding hydrogens is 272 g/mol. The van der Waals surface area contributed by atoms with Crippen LogP contribution >= 0.6 is 0 Å². The van der Waals surface area contributed by atoms with Gasteiger partial charge in [-0.1, -0.05) is 30.3 Å². The fourth-order valence-corrected chi connectivity index (χ4v) is 1.99. The zero-order valence-corrected chi connectivity index (χ0v) is 12.3. The van der Waals surface area contributed by atoms with Crippen molar-refractivity contribution in [2.45, 2.75) is 6.04 Å². The van der Waals surface area contributed by atoms with E-state index < -0.39 is 6.04 Å². The molecule has 0 saturated carbocycles. The molecule has 0 radical (unpaired) electrons. The SMILES string of the molecule is COCCNC(=O)CN(C)C(C(=O)NN)c1ccccc1. The second-order valence-corrected chi connectivity index (χ2v) is 4.58. The Hall–Kier alpha value is -1.96. The van der Waals surface area contributed by atoms with Gasteiger partial charge in [0.05, 0.1) is 13.2 Å². The topological polar surface area (TPSA) is 96.7 Å². The highest BCUT2D eigenvalue weighted by Crippen LogP contribution is 2.18. The second kappa shape index (κ2) is 9.06. The van der Waals surface area contributed by atoms with Gasteiger partial charge in [0, 0.05) is 13.7 Å². The summed E-state index contributed by atoms with van der Waals surface area (Å²) in [7, 11) is 3.26. The molecule has 0 fully saturated rings. The number of ether oxygens (including phenoxy) is 1. The number of hydrazine groups is 1. The first kappa shape index (κ1) is 17.1. The zero-order chi connectivity index (χ0) is 15.7. The number of nitrogens with two attached hydrogens (primary N) is 1. The van der Waals surface area contributed by atoms with Gasteiger partial charge in [-0.05, 0) is 12.6 Å². The monoisotopic (exact) mass is 294 g/mol. The highest BCUT2D eigenvalue weighted by atomic mass is 16.5. The van der Waals surface area contributed by atoms with Gasteiger partial charge in [-0.2, -0.15) is 0 Å². The van der Waals surface area contributed by atoms with E-state index in [1.165, 1.54) is 0 Å². The third kappa shape index (κ3) is 5.50. The fourth-order valence-electron chi connectivity index (χ4n) is 1.99. The molecule has 7 nitrogen and oxygen atoms in total. The molecule has 7 heteroatoms. The summed E-state index contributed by atoms with van der Waals surface area (Å²) in [6.45, 7) is 0.958. The Morgan fingerprint density at radius 1 is 1.33 bits per heavy atom. The third-order valence-electron chi connectivity index (χ3n) is 2.97. The van der Waals surface area contributed by atoms with Gasteiger partial charge < -0.3 is 10.1 Å². The number of nitrogens with zero attached hydrogens (tertiary/aromatic N) is 1. The van der Waals surface area contributed by atoms with Gasteiger partial charge in [0.15, 0.2) is 0 Å². The number of nitrogens with one attached hydrogen (secondary N) is 2. The molecule has 0 aromatic heterocycles. The molecule has 0 aliphatic heterocycles. The Morgan fingerprint density at radius 2 is 2.00 bits per heavy atom. The van der Waals surface area contributed by atoms with Crippen molar-refractivity contribution in [3.63, 3.8) is 0 Å². The van der Waals surface area contributed by atoms with E-state index in [4.69, 9.17) is 10.6 Å². The average Bonchev–Trinajstić information content (AvgIpc) is 2.48. The van der Waals surface area contributed by atoms with E-state index in [9.17, 15) is 9.59 Å². The van der Waals surface area contributed by atoms with E-state index in [0.717, 1.165) is 5.56 Å². The van der Waals surface area contributed by atoms with Crippen LogP contribution in [0.1, 0.15) is 11.6 Å². The Labute approximate surface area is 124 Å². The Morgan fingerprint density at radius 3 is 2.57 bits per heavy atom. The summed E-state index contributed by atoms with van der Waals surface area (Å²) in [5.74, 6) is 4.69. The number of hydrogen-bond donors (Lipinski definition) is 3. The summed E-state index contributed by atoms with van der Waals surface area (Å²) in [6, 6.07) is 8.54. The van der Waals surface area contributed by atoms with E-state index in [0.29, 0.717) is 13.2 Å². The van der Waals surface area contributed by atoms with Crippen LogP contribution in [0.15, 0.2) is 30.3 Å². The number of benzene rings is 1. The highest BCUT2D eigenvalue weighted by Gasteiger charge is 2.25. The zero-order valence-electron chi connectivity index (χ0n) is 12.3. The van der Waals surface area contributed by atoms with Crippen molar-refractivity contribution in [3.05, 3.63) is 35.9 Å².